The predicted molar refractivity (Wildman–Crippen MR) is 102 cm³/mol. The first kappa shape index (κ1) is 20.2. The van der Waals surface area contributed by atoms with Gasteiger partial charge in [-0.15, -0.1) is 0 Å². The summed E-state index contributed by atoms with van der Waals surface area (Å²) in [6, 6.07) is 6.48. The molecule has 26 heavy (non-hydrogen) atoms. The molecule has 6 heteroatoms. The van der Waals surface area contributed by atoms with Crippen molar-refractivity contribution >= 4 is 12.0 Å². The van der Waals surface area contributed by atoms with Crippen molar-refractivity contribution in [3.63, 3.8) is 0 Å². The molecule has 1 aliphatic heterocycles. The Morgan fingerprint density at radius 1 is 1.23 bits per heavy atom. The number of carboxylic acids is 1. The largest absolute Gasteiger partial charge is 0.480 e. The number of hydrogen-bond acceptors (Lipinski definition) is 3. The Kier molecular flexibility index (Phi) is 7.03. The lowest BCUT2D eigenvalue weighted by Gasteiger charge is -2.37. The molecule has 6 nitrogen and oxygen atoms in total. The van der Waals surface area contributed by atoms with Crippen LogP contribution in [0.1, 0.15) is 49.4 Å². The minimum atomic E-state index is -0.797. The molecule has 0 aliphatic carbocycles. The SMILES string of the molecule is CCN(CC(=O)O)C1CCN(C(=O)NC(C)c2cc(C)cc(C)c2)CC1. The van der Waals surface area contributed by atoms with Crippen LogP contribution in [-0.2, 0) is 4.79 Å². The summed E-state index contributed by atoms with van der Waals surface area (Å²) in [6.07, 6.45) is 1.62. The smallest absolute Gasteiger partial charge is 0.317 e. The number of rotatable bonds is 6. The van der Waals surface area contributed by atoms with E-state index in [1.165, 1.54) is 11.1 Å². The third-order valence-corrected chi connectivity index (χ3v) is 5.10. The Balaban J connectivity index is 1.88. The van der Waals surface area contributed by atoms with Gasteiger partial charge in [-0.2, -0.15) is 0 Å². The lowest BCUT2D eigenvalue weighted by Crippen LogP contribution is -2.50. The van der Waals surface area contributed by atoms with Crippen molar-refractivity contribution < 1.29 is 14.7 Å². The molecule has 0 saturated carbocycles. The summed E-state index contributed by atoms with van der Waals surface area (Å²) in [7, 11) is 0. The predicted octanol–water partition coefficient (Wildman–Crippen LogP) is 2.94. The van der Waals surface area contributed by atoms with E-state index in [4.69, 9.17) is 5.11 Å². The average Bonchev–Trinajstić information content (AvgIpc) is 2.58. The average molecular weight is 361 g/mol. The molecular formula is C20H31N3O3. The van der Waals surface area contributed by atoms with Gasteiger partial charge in [-0.3, -0.25) is 9.69 Å². The molecule has 1 heterocycles. The van der Waals surface area contributed by atoms with Crippen molar-refractivity contribution in [1.82, 2.24) is 15.1 Å². The molecule has 0 radical (unpaired) electrons. The maximum atomic E-state index is 12.6. The lowest BCUT2D eigenvalue weighted by molar-refractivity contribution is -0.139. The second kappa shape index (κ2) is 9.03. The van der Waals surface area contributed by atoms with Crippen molar-refractivity contribution in [1.29, 1.82) is 0 Å². The van der Waals surface area contributed by atoms with Crippen LogP contribution >= 0.6 is 0 Å². The molecule has 1 unspecified atom stereocenters. The van der Waals surface area contributed by atoms with E-state index in [1.54, 1.807) is 0 Å². The quantitative estimate of drug-likeness (QED) is 0.817. The number of likely N-dealkylation sites (N-methyl/N-ethyl adjacent to an activating group) is 1. The summed E-state index contributed by atoms with van der Waals surface area (Å²) in [5.41, 5.74) is 3.50. The first-order chi connectivity index (χ1) is 12.3. The second-order valence-electron chi connectivity index (χ2n) is 7.27. The Morgan fingerprint density at radius 2 is 1.81 bits per heavy atom. The Bertz CT molecular complexity index is 619. The minimum Gasteiger partial charge on any atom is -0.480 e. The summed E-state index contributed by atoms with van der Waals surface area (Å²) < 4.78 is 0. The van der Waals surface area contributed by atoms with E-state index < -0.39 is 5.97 Å². The van der Waals surface area contributed by atoms with Crippen LogP contribution in [0, 0.1) is 13.8 Å². The van der Waals surface area contributed by atoms with Gasteiger partial charge in [0.25, 0.3) is 0 Å². The number of nitrogens with zero attached hydrogens (tertiary/aromatic N) is 2. The summed E-state index contributed by atoms with van der Waals surface area (Å²) in [5, 5.41) is 12.1. The van der Waals surface area contributed by atoms with Crippen molar-refractivity contribution in [2.24, 2.45) is 0 Å². The monoisotopic (exact) mass is 361 g/mol. The summed E-state index contributed by atoms with van der Waals surface area (Å²) in [5.74, 6) is -0.797. The van der Waals surface area contributed by atoms with Crippen LogP contribution in [0.25, 0.3) is 0 Å². The number of carbonyl (C=O) groups is 2. The third kappa shape index (κ3) is 5.46. The maximum absolute atomic E-state index is 12.6. The van der Waals surface area contributed by atoms with Crippen LogP contribution in [0.4, 0.5) is 4.79 Å². The van der Waals surface area contributed by atoms with E-state index >= 15 is 0 Å². The highest BCUT2D eigenvalue weighted by Crippen LogP contribution is 2.19. The van der Waals surface area contributed by atoms with Gasteiger partial charge in [-0.25, -0.2) is 4.79 Å². The number of aryl methyl sites for hydroxylation is 2. The van der Waals surface area contributed by atoms with Gasteiger partial charge >= 0.3 is 12.0 Å². The number of hydrogen-bond donors (Lipinski definition) is 2. The number of urea groups is 1. The van der Waals surface area contributed by atoms with Crippen LogP contribution in [0.5, 0.6) is 0 Å². The number of carbonyl (C=O) groups excluding carboxylic acids is 1. The number of likely N-dealkylation sites (tertiary alicyclic amines) is 1. The fourth-order valence-corrected chi connectivity index (χ4v) is 3.73. The van der Waals surface area contributed by atoms with Crippen LogP contribution < -0.4 is 5.32 Å². The van der Waals surface area contributed by atoms with Gasteiger partial charge in [0.15, 0.2) is 0 Å². The molecule has 1 aromatic carbocycles. The highest BCUT2D eigenvalue weighted by Gasteiger charge is 2.27. The first-order valence-corrected chi connectivity index (χ1v) is 9.39. The van der Waals surface area contributed by atoms with E-state index in [0.717, 1.165) is 18.4 Å². The molecule has 0 bridgehead atoms. The molecule has 1 aromatic rings. The van der Waals surface area contributed by atoms with Crippen LogP contribution in [0.2, 0.25) is 0 Å². The molecule has 0 aromatic heterocycles. The normalized spacial score (nSPS) is 16.6. The third-order valence-electron chi connectivity index (χ3n) is 5.10. The molecule has 1 aliphatic rings. The molecule has 2 rings (SSSR count). The first-order valence-electron chi connectivity index (χ1n) is 9.39. The maximum Gasteiger partial charge on any atom is 0.317 e. The molecule has 1 saturated heterocycles. The molecule has 144 valence electrons. The Labute approximate surface area is 156 Å². The van der Waals surface area contributed by atoms with Gasteiger partial charge < -0.3 is 15.3 Å². The molecule has 2 amide bonds. The molecule has 0 spiro atoms. The van der Waals surface area contributed by atoms with Crippen LogP contribution in [-0.4, -0.2) is 59.1 Å². The summed E-state index contributed by atoms with van der Waals surface area (Å²) in [6.45, 7) is 10.2. The van der Waals surface area contributed by atoms with E-state index in [0.29, 0.717) is 19.6 Å². The lowest BCUT2D eigenvalue weighted by atomic mass is 10.0. The Morgan fingerprint density at radius 3 is 2.31 bits per heavy atom. The summed E-state index contributed by atoms with van der Waals surface area (Å²) in [4.78, 5) is 27.4. The fraction of sp³-hybridized carbons (Fsp3) is 0.600. The van der Waals surface area contributed by atoms with Crippen molar-refractivity contribution in [3.05, 3.63) is 34.9 Å². The van der Waals surface area contributed by atoms with Gasteiger partial charge in [0.1, 0.15) is 0 Å². The van der Waals surface area contributed by atoms with Crippen molar-refractivity contribution in [3.8, 4) is 0 Å². The van der Waals surface area contributed by atoms with E-state index in [9.17, 15) is 9.59 Å². The zero-order chi connectivity index (χ0) is 19.3. The highest BCUT2D eigenvalue weighted by molar-refractivity contribution is 5.75. The highest BCUT2D eigenvalue weighted by atomic mass is 16.4. The van der Waals surface area contributed by atoms with Gasteiger partial charge in [0, 0.05) is 19.1 Å². The van der Waals surface area contributed by atoms with E-state index in [1.807, 2.05) is 23.6 Å². The van der Waals surface area contributed by atoms with E-state index in [2.05, 4.69) is 37.4 Å². The number of nitrogens with one attached hydrogen (secondary N) is 1. The summed E-state index contributed by atoms with van der Waals surface area (Å²) >= 11 is 0. The van der Waals surface area contributed by atoms with Crippen molar-refractivity contribution in [2.45, 2.75) is 52.6 Å². The number of amides is 2. The van der Waals surface area contributed by atoms with Gasteiger partial charge in [-0.05, 0) is 45.7 Å². The van der Waals surface area contributed by atoms with E-state index in [-0.39, 0.29) is 24.7 Å². The van der Waals surface area contributed by atoms with Crippen LogP contribution in [0.15, 0.2) is 18.2 Å². The number of benzene rings is 1. The zero-order valence-electron chi connectivity index (χ0n) is 16.3. The molecular weight excluding hydrogens is 330 g/mol. The molecule has 1 fully saturated rings. The number of piperidine rings is 1. The van der Waals surface area contributed by atoms with Gasteiger partial charge in [0.05, 0.1) is 12.6 Å². The van der Waals surface area contributed by atoms with Crippen molar-refractivity contribution in [2.75, 3.05) is 26.2 Å². The molecule has 2 N–H and O–H groups in total. The fourth-order valence-electron chi connectivity index (χ4n) is 3.73. The van der Waals surface area contributed by atoms with Gasteiger partial charge in [-0.1, -0.05) is 36.2 Å². The number of aliphatic carboxylic acids is 1. The topological polar surface area (TPSA) is 72.9 Å². The second-order valence-corrected chi connectivity index (χ2v) is 7.27. The van der Waals surface area contributed by atoms with Crippen LogP contribution in [0.3, 0.4) is 0 Å². The zero-order valence-corrected chi connectivity index (χ0v) is 16.3. The number of carboxylic acid groups (broad SMARTS) is 1. The Hall–Kier alpha value is -2.08. The standard InChI is InChI=1S/C20H31N3O3/c1-5-22(13-19(24)25)18-6-8-23(9-7-18)20(26)21-16(4)17-11-14(2)10-15(3)12-17/h10-12,16,18H,5-9,13H2,1-4H3,(H,21,26)(H,24,25). The van der Waals surface area contributed by atoms with Gasteiger partial charge in [0.2, 0.25) is 0 Å². The molecule has 1 atom stereocenters. The minimum absolute atomic E-state index is 0.0435.